The lowest BCUT2D eigenvalue weighted by Gasteiger charge is -2.08. The van der Waals surface area contributed by atoms with Gasteiger partial charge in [-0.15, -0.1) is 0 Å². The van der Waals surface area contributed by atoms with Crippen LogP contribution in [-0.2, 0) is 6.42 Å². The molecular weight excluding hydrogens is 470 g/mol. The van der Waals surface area contributed by atoms with Crippen LogP contribution < -0.4 is 9.47 Å². The summed E-state index contributed by atoms with van der Waals surface area (Å²) in [6.45, 7) is 5.20. The summed E-state index contributed by atoms with van der Waals surface area (Å²) in [4.78, 5) is 17.1. The van der Waals surface area contributed by atoms with Gasteiger partial charge < -0.3 is 9.47 Å². The Morgan fingerprint density at radius 3 is 1.89 bits per heavy atom. The highest BCUT2D eigenvalue weighted by Gasteiger charge is 2.09. The van der Waals surface area contributed by atoms with E-state index in [1.54, 1.807) is 6.20 Å². The van der Waals surface area contributed by atoms with Crippen molar-refractivity contribution >= 4 is 5.97 Å². The molecule has 204 valence electrons. The average molecular weight is 516 g/mol. The highest BCUT2D eigenvalue weighted by Crippen LogP contribution is 2.23. The Bertz CT molecular complexity index is 1040. The molecule has 0 unspecified atom stereocenters. The SMILES string of the molecule is CCCCCCCCCc1ccc(C(=O)Oc2ccc(-c3ccc(OCCCCCCC)cn3)cc2)cc1. The third kappa shape index (κ3) is 10.7. The van der Waals surface area contributed by atoms with Gasteiger partial charge in [-0.2, -0.15) is 0 Å². The van der Waals surface area contributed by atoms with Crippen molar-refractivity contribution in [3.05, 3.63) is 78.0 Å². The third-order valence-electron chi connectivity index (χ3n) is 6.87. The van der Waals surface area contributed by atoms with Crippen LogP contribution in [0.5, 0.6) is 11.5 Å². The van der Waals surface area contributed by atoms with Crippen molar-refractivity contribution in [2.24, 2.45) is 0 Å². The average Bonchev–Trinajstić information content (AvgIpc) is 2.95. The maximum absolute atomic E-state index is 12.6. The van der Waals surface area contributed by atoms with Crippen LogP contribution in [0.1, 0.15) is 107 Å². The molecule has 0 amide bonds. The molecule has 3 rings (SSSR count). The number of ether oxygens (including phenoxy) is 2. The van der Waals surface area contributed by atoms with Crippen molar-refractivity contribution in [2.75, 3.05) is 6.61 Å². The van der Waals surface area contributed by atoms with Gasteiger partial charge in [-0.3, -0.25) is 4.98 Å². The van der Waals surface area contributed by atoms with Crippen molar-refractivity contribution in [2.45, 2.75) is 97.3 Å². The number of hydrogen-bond acceptors (Lipinski definition) is 4. The molecule has 0 aliphatic carbocycles. The molecular formula is C34H45NO3. The van der Waals surface area contributed by atoms with Gasteiger partial charge in [0.2, 0.25) is 0 Å². The van der Waals surface area contributed by atoms with E-state index in [1.807, 2.05) is 60.7 Å². The van der Waals surface area contributed by atoms with Crippen LogP contribution >= 0.6 is 0 Å². The summed E-state index contributed by atoms with van der Waals surface area (Å²) in [6.07, 6.45) is 18.1. The first kappa shape index (κ1) is 29.4. The van der Waals surface area contributed by atoms with Crippen LogP contribution in [0, 0.1) is 0 Å². The summed E-state index contributed by atoms with van der Waals surface area (Å²) in [5, 5.41) is 0. The fourth-order valence-electron chi connectivity index (χ4n) is 4.49. The van der Waals surface area contributed by atoms with Crippen LogP contribution in [0.3, 0.4) is 0 Å². The van der Waals surface area contributed by atoms with E-state index in [-0.39, 0.29) is 5.97 Å². The standard InChI is InChI=1S/C34H45NO3/c1-3-5-7-9-10-11-13-15-28-16-18-30(19-17-28)34(36)38-31-22-20-29(21-23-31)33-25-24-32(27-35-33)37-26-14-12-8-6-4-2/h16-25,27H,3-15,26H2,1-2H3. The molecule has 4 nitrogen and oxygen atoms in total. The number of carbonyl (C=O) groups is 1. The number of benzene rings is 2. The molecule has 2 aromatic carbocycles. The van der Waals surface area contributed by atoms with E-state index in [0.29, 0.717) is 11.3 Å². The number of carbonyl (C=O) groups excluding carboxylic acids is 1. The molecule has 0 saturated carbocycles. The number of esters is 1. The Morgan fingerprint density at radius 2 is 1.26 bits per heavy atom. The predicted molar refractivity (Wildman–Crippen MR) is 157 cm³/mol. The van der Waals surface area contributed by atoms with Crippen LogP contribution in [0.4, 0.5) is 0 Å². The Balaban J connectivity index is 1.41. The summed E-state index contributed by atoms with van der Waals surface area (Å²) in [7, 11) is 0. The molecule has 3 aromatic rings. The summed E-state index contributed by atoms with van der Waals surface area (Å²) < 4.78 is 11.4. The number of hydrogen-bond donors (Lipinski definition) is 0. The maximum atomic E-state index is 12.6. The van der Waals surface area contributed by atoms with Crippen molar-refractivity contribution in [3.8, 4) is 22.8 Å². The molecule has 0 aliphatic heterocycles. The summed E-state index contributed by atoms with van der Waals surface area (Å²) in [5.41, 5.74) is 3.66. The molecule has 0 N–H and O–H groups in total. The van der Waals surface area contributed by atoms with Crippen LogP contribution in [0.25, 0.3) is 11.3 Å². The summed E-state index contributed by atoms with van der Waals surface area (Å²) >= 11 is 0. The zero-order chi connectivity index (χ0) is 26.8. The quantitative estimate of drug-likeness (QED) is 0.0961. The maximum Gasteiger partial charge on any atom is 0.343 e. The number of aromatic nitrogens is 1. The van der Waals surface area contributed by atoms with Crippen molar-refractivity contribution in [1.82, 2.24) is 4.98 Å². The third-order valence-corrected chi connectivity index (χ3v) is 6.87. The Labute approximate surface area is 229 Å². The number of pyridine rings is 1. The van der Waals surface area contributed by atoms with E-state index >= 15 is 0 Å². The second-order valence-electron chi connectivity index (χ2n) is 10.1. The van der Waals surface area contributed by atoms with Crippen molar-refractivity contribution in [3.63, 3.8) is 0 Å². The van der Waals surface area contributed by atoms with E-state index in [0.717, 1.165) is 36.5 Å². The number of rotatable bonds is 18. The minimum atomic E-state index is -0.338. The molecule has 1 aromatic heterocycles. The van der Waals surface area contributed by atoms with E-state index in [9.17, 15) is 4.79 Å². The smallest absolute Gasteiger partial charge is 0.343 e. The molecule has 1 heterocycles. The lowest BCUT2D eigenvalue weighted by Crippen LogP contribution is -2.08. The monoisotopic (exact) mass is 515 g/mol. The van der Waals surface area contributed by atoms with Gasteiger partial charge in [0.25, 0.3) is 0 Å². The molecule has 4 heteroatoms. The topological polar surface area (TPSA) is 48.4 Å². The number of nitrogens with zero attached hydrogens (tertiary/aromatic N) is 1. The molecule has 0 spiro atoms. The number of unbranched alkanes of at least 4 members (excludes halogenated alkanes) is 10. The highest BCUT2D eigenvalue weighted by atomic mass is 16.5. The predicted octanol–water partition coefficient (Wildman–Crippen LogP) is 9.61. The van der Waals surface area contributed by atoms with Gasteiger partial charge in [-0.1, -0.05) is 90.2 Å². The number of aryl methyl sites for hydroxylation is 1. The zero-order valence-electron chi connectivity index (χ0n) is 23.4. The first-order valence-corrected chi connectivity index (χ1v) is 14.7. The lowest BCUT2D eigenvalue weighted by molar-refractivity contribution is 0.0734. The van der Waals surface area contributed by atoms with E-state index in [4.69, 9.17) is 9.47 Å². The summed E-state index contributed by atoms with van der Waals surface area (Å²) in [5.74, 6) is 0.978. The largest absolute Gasteiger partial charge is 0.492 e. The fourth-order valence-corrected chi connectivity index (χ4v) is 4.49. The first-order chi connectivity index (χ1) is 18.7. The molecule has 0 atom stereocenters. The van der Waals surface area contributed by atoms with Crippen LogP contribution in [0.15, 0.2) is 66.9 Å². The van der Waals surface area contributed by atoms with E-state index in [2.05, 4.69) is 18.8 Å². The van der Waals surface area contributed by atoms with Gasteiger partial charge in [-0.05, 0) is 73.4 Å². The minimum Gasteiger partial charge on any atom is -0.492 e. The van der Waals surface area contributed by atoms with Crippen LogP contribution in [-0.4, -0.2) is 17.6 Å². The second-order valence-corrected chi connectivity index (χ2v) is 10.1. The van der Waals surface area contributed by atoms with Gasteiger partial charge in [0, 0.05) is 5.56 Å². The Kier molecular flexibility index (Phi) is 13.5. The summed E-state index contributed by atoms with van der Waals surface area (Å²) in [6, 6.07) is 19.2. The minimum absolute atomic E-state index is 0.338. The Morgan fingerprint density at radius 1 is 0.658 bits per heavy atom. The normalized spacial score (nSPS) is 10.9. The highest BCUT2D eigenvalue weighted by molar-refractivity contribution is 5.91. The first-order valence-electron chi connectivity index (χ1n) is 14.7. The van der Waals surface area contributed by atoms with Gasteiger partial charge in [0.15, 0.2) is 0 Å². The van der Waals surface area contributed by atoms with E-state index < -0.39 is 0 Å². The van der Waals surface area contributed by atoms with Crippen molar-refractivity contribution in [1.29, 1.82) is 0 Å². The van der Waals surface area contributed by atoms with Crippen LogP contribution in [0.2, 0.25) is 0 Å². The molecule has 38 heavy (non-hydrogen) atoms. The Hall–Kier alpha value is -3.14. The second kappa shape index (κ2) is 17.4. The van der Waals surface area contributed by atoms with Gasteiger partial charge in [0.05, 0.1) is 24.1 Å². The van der Waals surface area contributed by atoms with Crippen molar-refractivity contribution < 1.29 is 14.3 Å². The van der Waals surface area contributed by atoms with Gasteiger partial charge in [0.1, 0.15) is 11.5 Å². The van der Waals surface area contributed by atoms with Gasteiger partial charge >= 0.3 is 5.97 Å². The zero-order valence-corrected chi connectivity index (χ0v) is 23.4. The lowest BCUT2D eigenvalue weighted by atomic mass is 10.0. The molecule has 0 saturated heterocycles. The molecule has 0 radical (unpaired) electrons. The molecule has 0 bridgehead atoms. The molecule has 0 fully saturated rings. The fraction of sp³-hybridized carbons (Fsp3) is 0.471. The van der Waals surface area contributed by atoms with Gasteiger partial charge in [-0.25, -0.2) is 4.79 Å². The van der Waals surface area contributed by atoms with E-state index in [1.165, 1.54) is 76.2 Å². The molecule has 0 aliphatic rings.